The first-order valence-corrected chi connectivity index (χ1v) is 12.5. The van der Waals surface area contributed by atoms with Crippen molar-refractivity contribution in [3.8, 4) is 22.0 Å². The number of hydrogen-bond acceptors (Lipinski definition) is 6. The van der Waals surface area contributed by atoms with Crippen LogP contribution in [0.25, 0.3) is 22.0 Å². The molecule has 7 heteroatoms. The molecule has 4 rings (SSSR count). The lowest BCUT2D eigenvalue weighted by Gasteiger charge is -2.05. The Morgan fingerprint density at radius 3 is 2.52 bits per heavy atom. The van der Waals surface area contributed by atoms with Gasteiger partial charge in [0.1, 0.15) is 5.01 Å². The molecule has 0 aliphatic heterocycles. The summed E-state index contributed by atoms with van der Waals surface area (Å²) in [4.78, 5) is 6.19. The molecule has 0 aliphatic carbocycles. The van der Waals surface area contributed by atoms with Crippen molar-refractivity contribution < 1.29 is 0 Å². The summed E-state index contributed by atoms with van der Waals surface area (Å²) in [6.45, 7) is 9.54. The maximum Gasteiger partial charge on any atom is 0.191 e. The quantitative estimate of drug-likeness (QED) is 0.294. The summed E-state index contributed by atoms with van der Waals surface area (Å²) in [5, 5.41) is 15.3. The summed E-state index contributed by atoms with van der Waals surface area (Å²) < 4.78 is 2.20. The number of thiazole rings is 1. The van der Waals surface area contributed by atoms with E-state index in [4.69, 9.17) is 4.98 Å². The normalized spacial score (nSPS) is 11.5. The van der Waals surface area contributed by atoms with Gasteiger partial charge in [-0.25, -0.2) is 4.98 Å². The first-order valence-electron chi connectivity index (χ1n) is 9.71. The molecule has 0 amide bonds. The van der Waals surface area contributed by atoms with Crippen LogP contribution in [0.5, 0.6) is 0 Å². The van der Waals surface area contributed by atoms with Crippen LogP contribution in [0.2, 0.25) is 0 Å². The van der Waals surface area contributed by atoms with Gasteiger partial charge in [-0.1, -0.05) is 55.4 Å². The zero-order chi connectivity index (χ0) is 20.4. The van der Waals surface area contributed by atoms with E-state index in [1.54, 1.807) is 34.4 Å². The fraction of sp³-hybridized carbons (Fsp3) is 0.318. The lowest BCUT2D eigenvalue weighted by molar-refractivity contribution is 0.687. The molecule has 4 nitrogen and oxygen atoms in total. The number of aromatic nitrogens is 4. The van der Waals surface area contributed by atoms with Gasteiger partial charge in [0.15, 0.2) is 11.0 Å². The van der Waals surface area contributed by atoms with E-state index in [-0.39, 0.29) is 0 Å². The summed E-state index contributed by atoms with van der Waals surface area (Å²) in [6, 6.07) is 10.8. The Morgan fingerprint density at radius 2 is 1.83 bits per heavy atom. The molecule has 0 spiro atoms. The monoisotopic (exact) mass is 440 g/mol. The lowest BCUT2D eigenvalue weighted by atomic mass is 10.1. The molecule has 0 atom stereocenters. The Balaban J connectivity index is 1.49. The molecule has 0 bridgehead atoms. The first-order chi connectivity index (χ1) is 14.0. The highest BCUT2D eigenvalue weighted by molar-refractivity contribution is 7.98. The van der Waals surface area contributed by atoms with Crippen LogP contribution in [0.1, 0.15) is 42.8 Å². The second-order valence-corrected chi connectivity index (χ2v) is 9.98. The number of benzene rings is 1. The molecule has 0 unspecified atom stereocenters. The highest BCUT2D eigenvalue weighted by Crippen LogP contribution is 2.32. The third-order valence-corrected chi connectivity index (χ3v) is 7.85. The predicted molar refractivity (Wildman–Crippen MR) is 125 cm³/mol. The molecule has 3 heterocycles. The summed E-state index contributed by atoms with van der Waals surface area (Å²) in [6.07, 6.45) is 0. The fourth-order valence-corrected chi connectivity index (χ4v) is 5.74. The fourth-order valence-electron chi connectivity index (χ4n) is 3.01. The van der Waals surface area contributed by atoms with Gasteiger partial charge in [-0.2, -0.15) is 0 Å². The Hall–Kier alpha value is -1.96. The number of rotatable bonds is 7. The molecular formula is C22H24N4S3. The first kappa shape index (κ1) is 20.3. The summed E-state index contributed by atoms with van der Waals surface area (Å²) in [7, 11) is 0. The SMILES string of the molecule is CCn1c(SCc2csc(-c3ccc(C)cc3)n2)nnc1-c1csc(C(C)C)c1. The molecule has 3 aromatic heterocycles. The van der Waals surface area contributed by atoms with Crippen LogP contribution in [0.15, 0.2) is 46.2 Å². The Kier molecular flexibility index (Phi) is 6.18. The molecule has 4 aromatic rings. The van der Waals surface area contributed by atoms with Gasteiger partial charge in [0.25, 0.3) is 0 Å². The van der Waals surface area contributed by atoms with Crippen molar-refractivity contribution in [3.05, 3.63) is 57.2 Å². The van der Waals surface area contributed by atoms with Gasteiger partial charge in [-0.15, -0.1) is 32.9 Å². The number of hydrogen-bond donors (Lipinski definition) is 0. The standard InChI is InChI=1S/C22H24N4S3/c1-5-26-20(17-10-19(14(2)3)27-11-17)24-25-22(26)29-13-18-12-28-21(23-18)16-8-6-15(4)7-9-16/h6-12,14H,5,13H2,1-4H3. The van der Waals surface area contributed by atoms with Crippen molar-refractivity contribution in [3.63, 3.8) is 0 Å². The minimum atomic E-state index is 0.535. The average Bonchev–Trinajstić information content (AvgIpc) is 3.45. The van der Waals surface area contributed by atoms with Gasteiger partial charge in [0.2, 0.25) is 0 Å². The smallest absolute Gasteiger partial charge is 0.191 e. The molecule has 0 saturated carbocycles. The van der Waals surface area contributed by atoms with Gasteiger partial charge in [-0.05, 0) is 25.8 Å². The Bertz CT molecular complexity index is 1090. The molecule has 0 N–H and O–H groups in total. The largest absolute Gasteiger partial charge is 0.302 e. The van der Waals surface area contributed by atoms with Crippen LogP contribution >= 0.6 is 34.4 Å². The van der Waals surface area contributed by atoms with E-state index in [0.717, 1.165) is 39.5 Å². The van der Waals surface area contributed by atoms with E-state index in [1.165, 1.54) is 16.0 Å². The third kappa shape index (κ3) is 4.47. The molecule has 0 aliphatic rings. The van der Waals surface area contributed by atoms with Crippen molar-refractivity contribution in [2.24, 2.45) is 0 Å². The van der Waals surface area contributed by atoms with Crippen LogP contribution in [-0.2, 0) is 12.3 Å². The highest BCUT2D eigenvalue weighted by Gasteiger charge is 2.16. The minimum absolute atomic E-state index is 0.535. The predicted octanol–water partition coefficient (Wildman–Crippen LogP) is 6.87. The van der Waals surface area contributed by atoms with E-state index in [2.05, 4.69) is 83.6 Å². The molecule has 29 heavy (non-hydrogen) atoms. The van der Waals surface area contributed by atoms with Crippen LogP contribution in [0, 0.1) is 6.92 Å². The van der Waals surface area contributed by atoms with Crippen molar-refractivity contribution >= 4 is 34.4 Å². The molecule has 1 aromatic carbocycles. The van der Waals surface area contributed by atoms with Gasteiger partial charge >= 0.3 is 0 Å². The molecule has 150 valence electrons. The van der Waals surface area contributed by atoms with E-state index in [1.807, 2.05) is 0 Å². The summed E-state index contributed by atoms with van der Waals surface area (Å²) in [5.41, 5.74) is 4.69. The molecule has 0 fully saturated rings. The van der Waals surface area contributed by atoms with Crippen LogP contribution < -0.4 is 0 Å². The number of nitrogens with zero attached hydrogens (tertiary/aromatic N) is 4. The number of aryl methyl sites for hydroxylation is 1. The second kappa shape index (κ2) is 8.81. The van der Waals surface area contributed by atoms with Crippen molar-refractivity contribution in [1.82, 2.24) is 19.7 Å². The van der Waals surface area contributed by atoms with Gasteiger partial charge in [-0.3, -0.25) is 0 Å². The number of thioether (sulfide) groups is 1. The third-order valence-electron chi connectivity index (χ3n) is 4.68. The summed E-state index contributed by atoms with van der Waals surface area (Å²) >= 11 is 5.19. The van der Waals surface area contributed by atoms with Crippen LogP contribution in [0.4, 0.5) is 0 Å². The number of thiophene rings is 1. The van der Waals surface area contributed by atoms with Gasteiger partial charge < -0.3 is 4.57 Å². The van der Waals surface area contributed by atoms with Crippen molar-refractivity contribution in [1.29, 1.82) is 0 Å². The zero-order valence-corrected chi connectivity index (χ0v) is 19.5. The van der Waals surface area contributed by atoms with Gasteiger partial charge in [0.05, 0.1) is 5.69 Å². The highest BCUT2D eigenvalue weighted by atomic mass is 32.2. The molecular weight excluding hydrogens is 416 g/mol. The van der Waals surface area contributed by atoms with Crippen molar-refractivity contribution in [2.45, 2.75) is 51.1 Å². The van der Waals surface area contributed by atoms with Crippen molar-refractivity contribution in [2.75, 3.05) is 0 Å². The topological polar surface area (TPSA) is 43.6 Å². The minimum Gasteiger partial charge on any atom is -0.302 e. The van der Waals surface area contributed by atoms with Crippen LogP contribution in [0.3, 0.4) is 0 Å². The Labute approximate surface area is 184 Å². The molecule has 0 radical (unpaired) electrons. The van der Waals surface area contributed by atoms with Crippen LogP contribution in [-0.4, -0.2) is 19.7 Å². The van der Waals surface area contributed by atoms with E-state index < -0.39 is 0 Å². The van der Waals surface area contributed by atoms with E-state index in [9.17, 15) is 0 Å². The maximum atomic E-state index is 4.81. The van der Waals surface area contributed by atoms with E-state index >= 15 is 0 Å². The Morgan fingerprint density at radius 1 is 1.03 bits per heavy atom. The summed E-state index contributed by atoms with van der Waals surface area (Å²) in [5.74, 6) is 2.28. The van der Waals surface area contributed by atoms with E-state index in [0.29, 0.717) is 5.92 Å². The van der Waals surface area contributed by atoms with Gasteiger partial charge in [0, 0.05) is 39.1 Å². The maximum absolute atomic E-state index is 4.81. The average molecular weight is 441 g/mol. The second-order valence-electron chi connectivity index (χ2n) is 7.24. The molecule has 0 saturated heterocycles. The lowest BCUT2D eigenvalue weighted by Crippen LogP contribution is -1.99. The zero-order valence-electron chi connectivity index (χ0n) is 17.0.